The number of esters is 1. The molecule has 1 aromatic heterocycles. The zero-order valence-corrected chi connectivity index (χ0v) is 14.3. The van der Waals surface area contributed by atoms with Gasteiger partial charge in [-0.15, -0.1) is 0 Å². The molecule has 25 heavy (non-hydrogen) atoms. The number of nitrogens with one attached hydrogen (secondary N) is 1. The normalized spacial score (nSPS) is 10.9. The van der Waals surface area contributed by atoms with E-state index in [0.29, 0.717) is 0 Å². The summed E-state index contributed by atoms with van der Waals surface area (Å²) in [5.74, 6) is -0.318. The van der Waals surface area contributed by atoms with Crippen molar-refractivity contribution in [2.24, 2.45) is 0 Å². The Morgan fingerprint density at radius 2 is 2.16 bits per heavy atom. The summed E-state index contributed by atoms with van der Waals surface area (Å²) in [6.07, 6.45) is 4.17. The van der Waals surface area contributed by atoms with Gasteiger partial charge in [-0.2, -0.15) is 4.98 Å². The molecule has 0 saturated carbocycles. The first-order valence-electron chi connectivity index (χ1n) is 7.86. The molecule has 2 rings (SSSR count). The zero-order valence-electron chi connectivity index (χ0n) is 14.3. The molecule has 1 amide bonds. The summed E-state index contributed by atoms with van der Waals surface area (Å²) in [6.45, 7) is 5.80. The first-order valence-corrected chi connectivity index (χ1v) is 7.86. The standard InChI is InChI=1S/C18H20N2O5/c1-4-23-17(22)15-11-24-18(19-15)20-16(21)9-8-13-6-5-7-14(10-13)25-12(2)3/h5-12H,4H2,1-3H3,(H,19,20,21)/b9-8+. The number of hydrogen-bond acceptors (Lipinski definition) is 6. The fraction of sp³-hybridized carbons (Fsp3) is 0.278. The SMILES string of the molecule is CCOC(=O)c1coc(NC(=O)/C=C/c2cccc(OC(C)C)c2)n1. The molecule has 0 saturated heterocycles. The maximum absolute atomic E-state index is 11.9. The minimum Gasteiger partial charge on any atom is -0.491 e. The zero-order chi connectivity index (χ0) is 18.2. The summed E-state index contributed by atoms with van der Waals surface area (Å²) < 4.78 is 15.4. The van der Waals surface area contributed by atoms with Crippen LogP contribution in [0.25, 0.3) is 6.08 Å². The number of aromatic nitrogens is 1. The number of rotatable bonds is 7. The van der Waals surface area contributed by atoms with Crippen molar-refractivity contribution < 1.29 is 23.5 Å². The molecule has 0 spiro atoms. The molecular weight excluding hydrogens is 324 g/mol. The second-order valence-electron chi connectivity index (χ2n) is 5.32. The number of carbonyl (C=O) groups excluding carboxylic acids is 2. The molecule has 7 nitrogen and oxygen atoms in total. The lowest BCUT2D eigenvalue weighted by atomic mass is 10.2. The predicted octanol–water partition coefficient (Wildman–Crippen LogP) is 3.29. The number of hydrogen-bond donors (Lipinski definition) is 1. The number of amides is 1. The second kappa shape index (κ2) is 8.68. The van der Waals surface area contributed by atoms with E-state index in [-0.39, 0.29) is 24.4 Å². The van der Waals surface area contributed by atoms with E-state index < -0.39 is 11.9 Å². The number of benzene rings is 1. The highest BCUT2D eigenvalue weighted by atomic mass is 16.5. The maximum atomic E-state index is 11.9. The topological polar surface area (TPSA) is 90.7 Å². The monoisotopic (exact) mass is 344 g/mol. The van der Waals surface area contributed by atoms with Crippen LogP contribution in [0.15, 0.2) is 41.0 Å². The lowest BCUT2D eigenvalue weighted by molar-refractivity contribution is -0.112. The van der Waals surface area contributed by atoms with E-state index in [0.717, 1.165) is 17.6 Å². The van der Waals surface area contributed by atoms with Crippen molar-refractivity contribution in [1.82, 2.24) is 4.98 Å². The molecule has 0 unspecified atom stereocenters. The summed E-state index contributed by atoms with van der Waals surface area (Å²) in [4.78, 5) is 27.2. The van der Waals surface area contributed by atoms with Crippen LogP contribution in [0.2, 0.25) is 0 Å². The third-order valence-corrected chi connectivity index (χ3v) is 2.88. The average Bonchev–Trinajstić information content (AvgIpc) is 3.01. The van der Waals surface area contributed by atoms with Gasteiger partial charge < -0.3 is 13.9 Å². The number of anilines is 1. The van der Waals surface area contributed by atoms with Crippen molar-refractivity contribution >= 4 is 24.0 Å². The van der Waals surface area contributed by atoms with Gasteiger partial charge in [0.2, 0.25) is 0 Å². The van der Waals surface area contributed by atoms with Crippen LogP contribution in [0.1, 0.15) is 36.8 Å². The van der Waals surface area contributed by atoms with Crippen LogP contribution in [0.5, 0.6) is 5.75 Å². The van der Waals surface area contributed by atoms with Gasteiger partial charge in [0.15, 0.2) is 5.69 Å². The van der Waals surface area contributed by atoms with Gasteiger partial charge in [0, 0.05) is 6.08 Å². The third kappa shape index (κ3) is 5.80. The van der Waals surface area contributed by atoms with E-state index in [1.165, 1.54) is 6.08 Å². The Morgan fingerprint density at radius 3 is 2.88 bits per heavy atom. The van der Waals surface area contributed by atoms with Crippen molar-refractivity contribution in [3.05, 3.63) is 47.9 Å². The van der Waals surface area contributed by atoms with Gasteiger partial charge >= 0.3 is 12.0 Å². The lowest BCUT2D eigenvalue weighted by Crippen LogP contribution is -2.09. The molecule has 7 heteroatoms. The van der Waals surface area contributed by atoms with Gasteiger partial charge in [-0.05, 0) is 44.5 Å². The predicted molar refractivity (Wildman–Crippen MR) is 92.3 cm³/mol. The molecule has 1 heterocycles. The number of carbonyl (C=O) groups is 2. The molecule has 0 atom stereocenters. The summed E-state index contributed by atoms with van der Waals surface area (Å²) >= 11 is 0. The minimum atomic E-state index is -0.607. The molecule has 0 aliphatic heterocycles. The first kappa shape index (κ1) is 18.3. The van der Waals surface area contributed by atoms with Gasteiger partial charge in [-0.25, -0.2) is 4.79 Å². The van der Waals surface area contributed by atoms with Gasteiger partial charge in [-0.1, -0.05) is 12.1 Å². The van der Waals surface area contributed by atoms with Gasteiger partial charge in [0.05, 0.1) is 12.7 Å². The Morgan fingerprint density at radius 1 is 1.36 bits per heavy atom. The fourth-order valence-electron chi connectivity index (χ4n) is 1.91. The van der Waals surface area contributed by atoms with Crippen LogP contribution < -0.4 is 10.1 Å². The maximum Gasteiger partial charge on any atom is 0.360 e. The number of nitrogens with zero attached hydrogens (tertiary/aromatic N) is 1. The Bertz CT molecular complexity index is 764. The average molecular weight is 344 g/mol. The van der Waals surface area contributed by atoms with Gasteiger partial charge in [0.1, 0.15) is 12.0 Å². The summed E-state index contributed by atoms with van der Waals surface area (Å²) in [6, 6.07) is 7.29. The van der Waals surface area contributed by atoms with E-state index in [1.807, 2.05) is 38.1 Å². The molecule has 0 fully saturated rings. The van der Waals surface area contributed by atoms with Crippen LogP contribution >= 0.6 is 0 Å². The third-order valence-electron chi connectivity index (χ3n) is 2.88. The van der Waals surface area contributed by atoms with Crippen LogP contribution in [-0.4, -0.2) is 29.6 Å². The van der Waals surface area contributed by atoms with E-state index in [9.17, 15) is 9.59 Å². The van der Waals surface area contributed by atoms with Gasteiger partial charge in [-0.3, -0.25) is 10.1 Å². The summed E-state index contributed by atoms with van der Waals surface area (Å²) in [5.41, 5.74) is 0.813. The number of ether oxygens (including phenoxy) is 2. The minimum absolute atomic E-state index is 0.000310. The molecule has 1 aromatic carbocycles. The Hall–Kier alpha value is -3.09. The van der Waals surface area contributed by atoms with Crippen LogP contribution in [0, 0.1) is 0 Å². The molecule has 2 aromatic rings. The molecule has 0 radical (unpaired) electrons. The molecule has 0 aliphatic rings. The largest absolute Gasteiger partial charge is 0.491 e. The Balaban J connectivity index is 1.96. The first-order chi connectivity index (χ1) is 12.0. The van der Waals surface area contributed by atoms with E-state index >= 15 is 0 Å². The highest BCUT2D eigenvalue weighted by Crippen LogP contribution is 2.16. The smallest absolute Gasteiger partial charge is 0.360 e. The molecule has 0 aliphatic carbocycles. The van der Waals surface area contributed by atoms with Crippen LogP contribution in [0.3, 0.4) is 0 Å². The van der Waals surface area contributed by atoms with Crippen LogP contribution in [-0.2, 0) is 9.53 Å². The quantitative estimate of drug-likeness (QED) is 0.612. The Labute approximate surface area is 145 Å². The van der Waals surface area contributed by atoms with Crippen molar-refractivity contribution in [2.45, 2.75) is 26.9 Å². The number of oxazole rings is 1. The van der Waals surface area contributed by atoms with Crippen molar-refractivity contribution in [3.63, 3.8) is 0 Å². The Kier molecular flexibility index (Phi) is 6.33. The molecule has 0 bridgehead atoms. The fourth-order valence-corrected chi connectivity index (χ4v) is 1.91. The molecule has 1 N–H and O–H groups in total. The van der Waals surface area contributed by atoms with E-state index in [1.54, 1.807) is 13.0 Å². The van der Waals surface area contributed by atoms with Crippen molar-refractivity contribution in [2.75, 3.05) is 11.9 Å². The van der Waals surface area contributed by atoms with E-state index in [2.05, 4.69) is 10.3 Å². The summed E-state index contributed by atoms with van der Waals surface area (Å²) in [7, 11) is 0. The molecule has 132 valence electrons. The van der Waals surface area contributed by atoms with Crippen LogP contribution in [0.4, 0.5) is 6.01 Å². The highest BCUT2D eigenvalue weighted by molar-refractivity contribution is 6.01. The van der Waals surface area contributed by atoms with E-state index in [4.69, 9.17) is 13.9 Å². The van der Waals surface area contributed by atoms with Crippen molar-refractivity contribution in [3.8, 4) is 5.75 Å². The molecular formula is C18H20N2O5. The summed E-state index contributed by atoms with van der Waals surface area (Å²) in [5, 5.41) is 2.43. The van der Waals surface area contributed by atoms with Gasteiger partial charge in [0.25, 0.3) is 5.91 Å². The second-order valence-corrected chi connectivity index (χ2v) is 5.32. The lowest BCUT2D eigenvalue weighted by Gasteiger charge is -2.09. The highest BCUT2D eigenvalue weighted by Gasteiger charge is 2.13. The van der Waals surface area contributed by atoms with Crippen molar-refractivity contribution in [1.29, 1.82) is 0 Å².